The minimum Gasteiger partial charge on any atom is -0.405 e. The van der Waals surface area contributed by atoms with E-state index in [1.807, 2.05) is 25.2 Å². The van der Waals surface area contributed by atoms with Crippen molar-refractivity contribution in [2.24, 2.45) is 4.99 Å². The molecule has 1 aliphatic carbocycles. The monoisotopic (exact) mass is 461 g/mol. The first kappa shape index (κ1) is 23.4. The molecule has 6 nitrogen and oxygen atoms in total. The highest BCUT2D eigenvalue weighted by Crippen LogP contribution is 2.31. The molecule has 2 aromatic carbocycles. The number of benzene rings is 2. The summed E-state index contributed by atoms with van der Waals surface area (Å²) < 4.78 is 42.1. The van der Waals surface area contributed by atoms with Gasteiger partial charge >= 0.3 is 6.36 Å². The maximum atomic E-state index is 12.6. The molecule has 0 saturated heterocycles. The average molecular weight is 462 g/mol. The summed E-state index contributed by atoms with van der Waals surface area (Å²) >= 11 is 0. The summed E-state index contributed by atoms with van der Waals surface area (Å²) in [5.41, 5.74) is 2.25. The summed E-state index contributed by atoms with van der Waals surface area (Å²) in [7, 11) is 1.92. The van der Waals surface area contributed by atoms with Gasteiger partial charge in [-0.1, -0.05) is 36.4 Å². The fourth-order valence-electron chi connectivity index (χ4n) is 4.47. The minimum atomic E-state index is -4.70. The number of rotatable bonds is 6. The van der Waals surface area contributed by atoms with Gasteiger partial charge in [-0.15, -0.1) is 13.2 Å². The number of alkyl halides is 3. The van der Waals surface area contributed by atoms with Gasteiger partial charge in [0.25, 0.3) is 0 Å². The van der Waals surface area contributed by atoms with Crippen molar-refractivity contribution in [3.8, 4) is 5.75 Å². The van der Waals surface area contributed by atoms with Crippen LogP contribution in [0.4, 0.5) is 18.9 Å². The zero-order chi connectivity index (χ0) is 23.5. The number of nitrogens with zero attached hydrogens (tertiary/aromatic N) is 1. The van der Waals surface area contributed by atoms with E-state index in [1.54, 1.807) is 18.2 Å². The highest BCUT2D eigenvalue weighted by Gasteiger charge is 2.34. The Bertz CT molecular complexity index is 988. The largest absolute Gasteiger partial charge is 0.573 e. The summed E-state index contributed by atoms with van der Waals surface area (Å²) in [5, 5.41) is 13.6. The van der Waals surface area contributed by atoms with Gasteiger partial charge in [0.2, 0.25) is 0 Å². The van der Waals surface area contributed by atoms with Gasteiger partial charge in [0.05, 0.1) is 6.04 Å². The van der Waals surface area contributed by atoms with Crippen LogP contribution in [0.1, 0.15) is 43.7 Å². The molecule has 9 heteroatoms. The normalized spacial score (nSPS) is 26.3. The Morgan fingerprint density at radius 1 is 1.06 bits per heavy atom. The Morgan fingerprint density at radius 3 is 2.48 bits per heavy atom. The van der Waals surface area contributed by atoms with Crippen molar-refractivity contribution in [3.63, 3.8) is 0 Å². The fraction of sp³-hybridized carbons (Fsp3) is 0.458. The van der Waals surface area contributed by atoms with Gasteiger partial charge in [0, 0.05) is 29.4 Å². The standard InChI is InChI=1S/C24H30F3N5O/c1-23(28-2)19-8-4-5-9-20(19)31-22(32-23)30-18-13-11-17(12-14-18)29-15-16-7-3-6-10-21(16)33-24(25,26)27/h3-10,17-18,28-29H,11-15H2,1-2H3,(H2,30,31,32). The highest BCUT2D eigenvalue weighted by molar-refractivity contribution is 5.97. The van der Waals surface area contributed by atoms with Crippen molar-refractivity contribution in [2.75, 3.05) is 12.4 Å². The summed E-state index contributed by atoms with van der Waals surface area (Å²) in [6, 6.07) is 14.8. The smallest absolute Gasteiger partial charge is 0.405 e. The number of hydrogen-bond acceptors (Lipinski definition) is 4. The quantitative estimate of drug-likeness (QED) is 0.512. The van der Waals surface area contributed by atoms with E-state index in [2.05, 4.69) is 39.0 Å². The molecule has 1 heterocycles. The first-order chi connectivity index (χ1) is 15.8. The van der Waals surface area contributed by atoms with Gasteiger partial charge < -0.3 is 20.7 Å². The van der Waals surface area contributed by atoms with Crippen molar-refractivity contribution in [2.45, 2.75) is 63.3 Å². The number of guanidine groups is 1. The average Bonchev–Trinajstić information content (AvgIpc) is 2.78. The number of aliphatic imine (C=N–C) groups is 1. The van der Waals surface area contributed by atoms with E-state index in [0.29, 0.717) is 12.1 Å². The summed E-state index contributed by atoms with van der Waals surface area (Å²) in [5.74, 6) is 0.597. The molecule has 0 aromatic heterocycles. The van der Waals surface area contributed by atoms with Crippen molar-refractivity contribution in [1.29, 1.82) is 0 Å². The predicted octanol–water partition coefficient (Wildman–Crippen LogP) is 4.45. The maximum absolute atomic E-state index is 12.6. The van der Waals surface area contributed by atoms with E-state index >= 15 is 0 Å². The number of halogens is 3. The third-order valence-corrected chi connectivity index (χ3v) is 6.38. The van der Waals surface area contributed by atoms with Gasteiger partial charge in [-0.2, -0.15) is 0 Å². The van der Waals surface area contributed by atoms with Crippen LogP contribution < -0.4 is 26.0 Å². The van der Waals surface area contributed by atoms with Crippen molar-refractivity contribution >= 4 is 11.6 Å². The molecule has 1 fully saturated rings. The molecule has 1 aliphatic heterocycles. The van der Waals surface area contributed by atoms with E-state index in [9.17, 15) is 13.2 Å². The van der Waals surface area contributed by atoms with Gasteiger partial charge in [0.15, 0.2) is 5.96 Å². The summed E-state index contributed by atoms with van der Waals surface area (Å²) in [4.78, 5) is 4.93. The van der Waals surface area contributed by atoms with Crippen LogP contribution in [0.15, 0.2) is 53.5 Å². The van der Waals surface area contributed by atoms with Crippen LogP contribution in [0.25, 0.3) is 0 Å². The second-order valence-electron chi connectivity index (χ2n) is 8.69. The van der Waals surface area contributed by atoms with E-state index in [1.165, 1.54) is 6.07 Å². The number of fused-ring (bicyclic) bond motifs is 1. The summed E-state index contributed by atoms with van der Waals surface area (Å²) in [6.07, 6.45) is -1.07. The Labute approximate surface area is 192 Å². The maximum Gasteiger partial charge on any atom is 0.573 e. The zero-order valence-corrected chi connectivity index (χ0v) is 18.8. The molecule has 33 heavy (non-hydrogen) atoms. The number of para-hydroxylation sites is 2. The molecule has 1 unspecified atom stereocenters. The van der Waals surface area contributed by atoms with Crippen molar-refractivity contribution in [1.82, 2.24) is 16.0 Å². The third kappa shape index (κ3) is 5.78. The van der Waals surface area contributed by atoms with Crippen LogP contribution in [0.2, 0.25) is 0 Å². The molecule has 4 N–H and O–H groups in total. The summed E-state index contributed by atoms with van der Waals surface area (Å²) in [6.45, 7) is 2.42. The molecule has 1 saturated carbocycles. The van der Waals surface area contributed by atoms with Gasteiger partial charge in [-0.05, 0) is 51.8 Å². The number of ether oxygens (including phenoxy) is 1. The SMILES string of the molecule is CNC1(C)NC(=NC2CCC(NCc3ccccc3OC(F)(F)F)CC2)Nc2ccccc21. The van der Waals surface area contributed by atoms with E-state index < -0.39 is 12.0 Å². The van der Waals surface area contributed by atoms with E-state index in [0.717, 1.165) is 42.9 Å². The molecule has 2 aliphatic rings. The molecular weight excluding hydrogens is 431 g/mol. The van der Waals surface area contributed by atoms with Crippen LogP contribution >= 0.6 is 0 Å². The number of nitrogens with one attached hydrogen (secondary N) is 4. The molecule has 0 bridgehead atoms. The number of hydrogen-bond donors (Lipinski definition) is 4. The minimum absolute atomic E-state index is 0.153. The fourth-order valence-corrected chi connectivity index (χ4v) is 4.47. The highest BCUT2D eigenvalue weighted by atomic mass is 19.4. The molecule has 4 rings (SSSR count). The van der Waals surface area contributed by atoms with Crippen molar-refractivity contribution in [3.05, 3.63) is 59.7 Å². The van der Waals surface area contributed by atoms with Gasteiger partial charge in [-0.3, -0.25) is 5.32 Å². The topological polar surface area (TPSA) is 69.7 Å². The second kappa shape index (κ2) is 9.61. The molecule has 0 radical (unpaired) electrons. The van der Waals surface area contributed by atoms with Crippen LogP contribution in [-0.4, -0.2) is 31.5 Å². The van der Waals surface area contributed by atoms with Crippen molar-refractivity contribution < 1.29 is 17.9 Å². The lowest BCUT2D eigenvalue weighted by molar-refractivity contribution is -0.274. The first-order valence-electron chi connectivity index (χ1n) is 11.2. The Hall–Kier alpha value is -2.78. The molecule has 0 amide bonds. The Balaban J connectivity index is 1.33. The van der Waals surface area contributed by atoms with Crippen LogP contribution in [-0.2, 0) is 12.2 Å². The zero-order valence-electron chi connectivity index (χ0n) is 18.8. The van der Waals surface area contributed by atoms with Crippen LogP contribution in [0.5, 0.6) is 5.75 Å². The van der Waals surface area contributed by atoms with Gasteiger partial charge in [-0.25, -0.2) is 4.99 Å². The number of anilines is 1. The lowest BCUT2D eigenvalue weighted by atomic mass is 9.91. The predicted molar refractivity (Wildman–Crippen MR) is 123 cm³/mol. The first-order valence-corrected chi connectivity index (χ1v) is 11.2. The second-order valence-corrected chi connectivity index (χ2v) is 8.69. The molecule has 1 atom stereocenters. The molecule has 2 aromatic rings. The molecule has 178 valence electrons. The van der Waals surface area contributed by atoms with E-state index in [-0.39, 0.29) is 17.8 Å². The van der Waals surface area contributed by atoms with Gasteiger partial charge in [0.1, 0.15) is 11.4 Å². The third-order valence-electron chi connectivity index (χ3n) is 6.38. The Kier molecular flexibility index (Phi) is 6.81. The van der Waals surface area contributed by atoms with Crippen LogP contribution in [0, 0.1) is 0 Å². The molecule has 0 spiro atoms. The Morgan fingerprint density at radius 2 is 1.76 bits per heavy atom. The van der Waals surface area contributed by atoms with Crippen LogP contribution in [0.3, 0.4) is 0 Å². The lowest BCUT2D eigenvalue weighted by Gasteiger charge is -2.39. The molecular formula is C24H30F3N5O. The van der Waals surface area contributed by atoms with E-state index in [4.69, 9.17) is 4.99 Å². The lowest BCUT2D eigenvalue weighted by Crippen LogP contribution is -2.57.